The highest BCUT2D eigenvalue weighted by atomic mass is 16.5. The number of esters is 2. The molecule has 0 spiro atoms. The molecule has 8 heteroatoms. The summed E-state index contributed by atoms with van der Waals surface area (Å²) < 4.78 is 10.2. The van der Waals surface area contributed by atoms with E-state index >= 15 is 0 Å². The van der Waals surface area contributed by atoms with E-state index in [9.17, 15) is 19.2 Å². The van der Waals surface area contributed by atoms with Gasteiger partial charge in [0.1, 0.15) is 11.5 Å². The summed E-state index contributed by atoms with van der Waals surface area (Å²) in [7, 11) is 0. The van der Waals surface area contributed by atoms with E-state index in [2.05, 4.69) is 6.58 Å². The van der Waals surface area contributed by atoms with E-state index in [0.29, 0.717) is 11.3 Å². The number of benzene rings is 2. The number of nitrogens with zero attached hydrogens (tertiary/aromatic N) is 1. The Morgan fingerprint density at radius 2 is 1.45 bits per heavy atom. The van der Waals surface area contributed by atoms with Crippen LogP contribution in [0.15, 0.2) is 78.9 Å². The van der Waals surface area contributed by atoms with Crippen molar-refractivity contribution in [3.8, 4) is 11.5 Å². The number of hydrogen-bond acceptors (Lipinski definition) is 7. The summed E-state index contributed by atoms with van der Waals surface area (Å²) in [4.78, 5) is 47.9. The number of rotatable bonds is 7. The van der Waals surface area contributed by atoms with Gasteiger partial charge in [0.15, 0.2) is 0 Å². The minimum Gasteiger partial charge on any atom is -0.423 e. The Morgan fingerprint density at radius 1 is 0.903 bits per heavy atom. The fraction of sp³-hybridized carbons (Fsp3) is 0.0435. The van der Waals surface area contributed by atoms with Crippen LogP contribution in [0.2, 0.25) is 0 Å². The van der Waals surface area contributed by atoms with E-state index in [1.807, 2.05) is 0 Å². The first kappa shape index (κ1) is 21.4. The molecule has 1 heterocycles. The van der Waals surface area contributed by atoms with Crippen LogP contribution < -0.4 is 14.4 Å². The molecule has 0 unspecified atom stereocenters. The maximum atomic E-state index is 12.0. The number of carbonyl (C=O) groups is 4. The van der Waals surface area contributed by atoms with Crippen LogP contribution in [0, 0.1) is 0 Å². The van der Waals surface area contributed by atoms with Crippen molar-refractivity contribution in [3.05, 3.63) is 84.5 Å². The molecule has 0 aromatic heterocycles. The van der Waals surface area contributed by atoms with E-state index in [1.54, 1.807) is 12.1 Å². The SMILES string of the molecule is C=C(CO)C(=O)Oc1ccc(/C=C/C(=O)Oc2ccc(N3C(=O)C=CC3=O)cc2)cc1. The van der Waals surface area contributed by atoms with Crippen LogP contribution in [0.4, 0.5) is 5.69 Å². The van der Waals surface area contributed by atoms with E-state index in [1.165, 1.54) is 60.7 Å². The van der Waals surface area contributed by atoms with E-state index in [-0.39, 0.29) is 17.1 Å². The van der Waals surface area contributed by atoms with E-state index < -0.39 is 30.4 Å². The third-order valence-electron chi connectivity index (χ3n) is 4.10. The lowest BCUT2D eigenvalue weighted by atomic mass is 10.2. The average molecular weight is 419 g/mol. The maximum absolute atomic E-state index is 12.0. The highest BCUT2D eigenvalue weighted by molar-refractivity contribution is 6.28. The van der Waals surface area contributed by atoms with Crippen LogP contribution in [0.5, 0.6) is 11.5 Å². The van der Waals surface area contributed by atoms with Crippen molar-refractivity contribution in [2.24, 2.45) is 0 Å². The third-order valence-corrected chi connectivity index (χ3v) is 4.10. The quantitative estimate of drug-likeness (QED) is 0.317. The summed E-state index contributed by atoms with van der Waals surface area (Å²) >= 11 is 0. The van der Waals surface area contributed by atoms with Crippen LogP contribution in [0.3, 0.4) is 0 Å². The van der Waals surface area contributed by atoms with Crippen molar-refractivity contribution in [2.45, 2.75) is 0 Å². The molecule has 0 saturated heterocycles. The number of anilines is 1. The summed E-state index contributed by atoms with van der Waals surface area (Å²) in [5, 5.41) is 8.85. The molecular weight excluding hydrogens is 402 g/mol. The normalized spacial score (nSPS) is 13.0. The van der Waals surface area contributed by atoms with Gasteiger partial charge in [-0.25, -0.2) is 14.5 Å². The van der Waals surface area contributed by atoms with Crippen molar-refractivity contribution in [1.29, 1.82) is 0 Å². The molecule has 0 saturated carbocycles. The third kappa shape index (κ3) is 5.40. The van der Waals surface area contributed by atoms with Gasteiger partial charge in [-0.05, 0) is 48.0 Å². The minimum absolute atomic E-state index is 0.0601. The Kier molecular flexibility index (Phi) is 6.54. The minimum atomic E-state index is -0.727. The Labute approximate surface area is 177 Å². The zero-order chi connectivity index (χ0) is 22.4. The number of ether oxygens (including phenoxy) is 2. The zero-order valence-corrected chi connectivity index (χ0v) is 16.2. The molecule has 8 nitrogen and oxygen atoms in total. The highest BCUT2D eigenvalue weighted by Crippen LogP contribution is 2.22. The molecule has 31 heavy (non-hydrogen) atoms. The van der Waals surface area contributed by atoms with Crippen LogP contribution in [0.1, 0.15) is 5.56 Å². The average Bonchev–Trinajstić information content (AvgIpc) is 3.11. The molecule has 0 fully saturated rings. The largest absolute Gasteiger partial charge is 0.423 e. The van der Waals surface area contributed by atoms with Gasteiger partial charge in [0.05, 0.1) is 17.9 Å². The van der Waals surface area contributed by atoms with Crippen molar-refractivity contribution in [1.82, 2.24) is 0 Å². The molecule has 1 aliphatic rings. The summed E-state index contributed by atoms with van der Waals surface area (Å²) in [6, 6.07) is 12.3. The Hall–Kier alpha value is -4.30. The monoisotopic (exact) mass is 419 g/mol. The van der Waals surface area contributed by atoms with Gasteiger partial charge in [0.2, 0.25) is 0 Å². The molecule has 2 aromatic carbocycles. The number of aliphatic hydroxyl groups is 1. The topological polar surface area (TPSA) is 110 Å². The molecule has 0 aliphatic carbocycles. The van der Waals surface area contributed by atoms with Crippen LogP contribution in [0.25, 0.3) is 6.08 Å². The molecule has 0 radical (unpaired) electrons. The predicted octanol–water partition coefficient (Wildman–Crippen LogP) is 2.19. The fourth-order valence-corrected chi connectivity index (χ4v) is 2.52. The van der Waals surface area contributed by atoms with Crippen LogP contribution >= 0.6 is 0 Å². The molecule has 2 aromatic rings. The van der Waals surface area contributed by atoms with Gasteiger partial charge >= 0.3 is 11.9 Å². The lowest BCUT2D eigenvalue weighted by Crippen LogP contribution is -2.29. The Bertz CT molecular complexity index is 1080. The molecule has 1 aliphatic heterocycles. The van der Waals surface area contributed by atoms with Crippen molar-refractivity contribution >= 4 is 35.5 Å². The van der Waals surface area contributed by atoms with Crippen LogP contribution in [-0.4, -0.2) is 35.5 Å². The summed E-state index contributed by atoms with van der Waals surface area (Å²) in [6.45, 7) is 2.89. The second-order valence-electron chi connectivity index (χ2n) is 6.31. The molecule has 156 valence electrons. The smallest absolute Gasteiger partial charge is 0.341 e. The van der Waals surface area contributed by atoms with Crippen molar-refractivity contribution < 1.29 is 33.8 Å². The van der Waals surface area contributed by atoms with Gasteiger partial charge in [-0.2, -0.15) is 0 Å². The molecule has 2 amide bonds. The summed E-state index contributed by atoms with van der Waals surface area (Å²) in [5.74, 6) is -1.71. The lowest BCUT2D eigenvalue weighted by molar-refractivity contribution is -0.131. The van der Waals surface area contributed by atoms with Gasteiger partial charge in [-0.1, -0.05) is 18.7 Å². The number of carbonyl (C=O) groups excluding carboxylic acids is 4. The number of imide groups is 1. The number of amides is 2. The zero-order valence-electron chi connectivity index (χ0n) is 16.2. The summed E-state index contributed by atoms with van der Waals surface area (Å²) in [5.41, 5.74) is 0.973. The van der Waals surface area contributed by atoms with Gasteiger partial charge < -0.3 is 14.6 Å². The molecule has 1 N–H and O–H groups in total. The molecule has 3 rings (SSSR count). The van der Waals surface area contributed by atoms with Crippen molar-refractivity contribution in [3.63, 3.8) is 0 Å². The van der Waals surface area contributed by atoms with Gasteiger partial charge in [-0.3, -0.25) is 9.59 Å². The summed E-state index contributed by atoms with van der Waals surface area (Å²) in [6.07, 6.45) is 5.11. The lowest BCUT2D eigenvalue weighted by Gasteiger charge is -2.13. The van der Waals surface area contributed by atoms with Crippen molar-refractivity contribution in [2.75, 3.05) is 11.5 Å². The van der Waals surface area contributed by atoms with E-state index in [0.717, 1.165) is 4.90 Å². The molecular formula is C23H17NO7. The first-order chi connectivity index (χ1) is 14.9. The Morgan fingerprint density at radius 3 is 2.03 bits per heavy atom. The predicted molar refractivity (Wildman–Crippen MR) is 111 cm³/mol. The fourth-order valence-electron chi connectivity index (χ4n) is 2.52. The standard InChI is InChI=1S/C23H17NO7/c1-15(14-25)23(29)31-19-7-2-16(3-8-19)4-13-22(28)30-18-9-5-17(6-10-18)24-20(26)11-12-21(24)27/h2-13,25H,1,14H2/b13-4+. The Balaban J connectivity index is 1.55. The maximum Gasteiger partial charge on any atom is 0.341 e. The van der Waals surface area contributed by atoms with Gasteiger partial charge in [-0.15, -0.1) is 0 Å². The first-order valence-electron chi connectivity index (χ1n) is 9.04. The number of hydrogen-bond donors (Lipinski definition) is 1. The first-order valence-corrected chi connectivity index (χ1v) is 9.04. The molecule has 0 bridgehead atoms. The second kappa shape index (κ2) is 9.47. The van der Waals surface area contributed by atoms with Crippen LogP contribution in [-0.2, 0) is 19.2 Å². The number of aliphatic hydroxyl groups excluding tert-OH is 1. The highest BCUT2D eigenvalue weighted by Gasteiger charge is 2.24. The van der Waals surface area contributed by atoms with Gasteiger partial charge in [0.25, 0.3) is 11.8 Å². The second-order valence-corrected chi connectivity index (χ2v) is 6.31. The molecule has 0 atom stereocenters. The van der Waals surface area contributed by atoms with Gasteiger partial charge in [0, 0.05) is 18.2 Å². The van der Waals surface area contributed by atoms with E-state index in [4.69, 9.17) is 14.6 Å².